The van der Waals surface area contributed by atoms with Crippen LogP contribution in [0.4, 0.5) is 0 Å². The molecule has 0 aliphatic carbocycles. The molecule has 1 atom stereocenters. The normalized spacial score (nSPS) is 14.9. The van der Waals surface area contributed by atoms with E-state index in [9.17, 15) is 14.4 Å². The smallest absolute Gasteiger partial charge is 0.338 e. The van der Waals surface area contributed by atoms with Gasteiger partial charge in [-0.15, -0.1) is 0 Å². The Morgan fingerprint density at radius 3 is 2.37 bits per heavy atom. The molecule has 198 valence electrons. The lowest BCUT2D eigenvalue weighted by Gasteiger charge is -2.25. The summed E-state index contributed by atoms with van der Waals surface area (Å²) in [7, 11) is 5.76. The van der Waals surface area contributed by atoms with E-state index in [1.807, 2.05) is 0 Å². The topological polar surface area (TPSA) is 115 Å². The lowest BCUT2D eigenvalue weighted by molar-refractivity contribution is -0.136. The molecule has 2 heterocycles. The number of para-hydroxylation sites is 1. The summed E-state index contributed by atoms with van der Waals surface area (Å²) >= 11 is 1.18. The van der Waals surface area contributed by atoms with E-state index >= 15 is 0 Å². The van der Waals surface area contributed by atoms with Gasteiger partial charge < -0.3 is 23.7 Å². The number of ether oxygens (including phenoxy) is 5. The van der Waals surface area contributed by atoms with Gasteiger partial charge in [0.05, 0.1) is 50.3 Å². The molecular formula is C27H26N2O8S. The van der Waals surface area contributed by atoms with Crippen LogP contribution in [0.15, 0.2) is 57.5 Å². The van der Waals surface area contributed by atoms with Crippen LogP contribution < -0.4 is 33.8 Å². The summed E-state index contributed by atoms with van der Waals surface area (Å²) in [4.78, 5) is 43.2. The van der Waals surface area contributed by atoms with Gasteiger partial charge in [-0.1, -0.05) is 29.5 Å². The number of thiazole rings is 1. The van der Waals surface area contributed by atoms with Crippen molar-refractivity contribution in [2.24, 2.45) is 4.99 Å². The number of aromatic nitrogens is 1. The van der Waals surface area contributed by atoms with Crippen LogP contribution in [0.5, 0.6) is 23.0 Å². The summed E-state index contributed by atoms with van der Waals surface area (Å²) in [6.45, 7) is 2.97. The number of benzene rings is 2. The molecule has 38 heavy (non-hydrogen) atoms. The Morgan fingerprint density at radius 1 is 1.00 bits per heavy atom. The van der Waals surface area contributed by atoms with E-state index in [0.717, 1.165) is 0 Å². The zero-order chi connectivity index (χ0) is 27.6. The van der Waals surface area contributed by atoms with Gasteiger partial charge in [0.1, 0.15) is 0 Å². The van der Waals surface area contributed by atoms with Gasteiger partial charge in [-0.3, -0.25) is 14.2 Å². The SMILES string of the molecule is COC(=O)C1=C(C)N=c2sc(=Cc3cccc(OC)c3OC)c(=O)n2C1c1ccc(OC(C)=O)c(OC)c1. The minimum absolute atomic E-state index is 0.202. The number of hydrogen-bond acceptors (Lipinski definition) is 10. The van der Waals surface area contributed by atoms with Crippen molar-refractivity contribution in [2.45, 2.75) is 19.9 Å². The molecule has 3 aromatic rings. The lowest BCUT2D eigenvalue weighted by atomic mass is 9.95. The maximum atomic E-state index is 13.8. The van der Waals surface area contributed by atoms with Crippen LogP contribution in [0.2, 0.25) is 0 Å². The summed E-state index contributed by atoms with van der Waals surface area (Å²) in [5, 5.41) is 0. The van der Waals surface area contributed by atoms with Gasteiger partial charge in [0, 0.05) is 12.5 Å². The number of nitrogens with zero attached hydrogens (tertiary/aromatic N) is 2. The quantitative estimate of drug-likeness (QED) is 0.333. The Bertz CT molecular complexity index is 1630. The maximum Gasteiger partial charge on any atom is 0.338 e. The zero-order valence-corrected chi connectivity index (χ0v) is 22.5. The molecule has 0 N–H and O–H groups in total. The first-order chi connectivity index (χ1) is 18.2. The summed E-state index contributed by atoms with van der Waals surface area (Å²) in [6.07, 6.45) is 1.70. The van der Waals surface area contributed by atoms with Crippen molar-refractivity contribution in [3.8, 4) is 23.0 Å². The Hall–Kier alpha value is -4.38. The average molecular weight is 539 g/mol. The molecule has 10 nitrogen and oxygen atoms in total. The van der Waals surface area contributed by atoms with Crippen molar-refractivity contribution in [2.75, 3.05) is 28.4 Å². The van der Waals surface area contributed by atoms with Gasteiger partial charge in [-0.2, -0.15) is 0 Å². The molecule has 1 unspecified atom stereocenters. The largest absolute Gasteiger partial charge is 0.493 e. The summed E-state index contributed by atoms with van der Waals surface area (Å²) in [5.74, 6) is 0.345. The number of rotatable bonds is 7. The molecule has 0 spiro atoms. The number of esters is 2. The number of allylic oxidation sites excluding steroid dienone is 1. The highest BCUT2D eigenvalue weighted by atomic mass is 32.1. The fourth-order valence-corrected chi connectivity index (χ4v) is 5.31. The van der Waals surface area contributed by atoms with Crippen LogP contribution in [0.3, 0.4) is 0 Å². The summed E-state index contributed by atoms with van der Waals surface area (Å²) in [5.41, 5.74) is 1.44. The number of carbonyl (C=O) groups is 2. The Kier molecular flexibility index (Phi) is 7.67. The van der Waals surface area contributed by atoms with Crippen LogP contribution in [-0.2, 0) is 14.3 Å². The van der Waals surface area contributed by atoms with E-state index in [-0.39, 0.29) is 22.6 Å². The van der Waals surface area contributed by atoms with Gasteiger partial charge >= 0.3 is 11.9 Å². The van der Waals surface area contributed by atoms with Crippen LogP contribution in [0.1, 0.15) is 31.0 Å². The van der Waals surface area contributed by atoms with Crippen LogP contribution in [0.25, 0.3) is 6.08 Å². The number of hydrogen-bond donors (Lipinski definition) is 0. The van der Waals surface area contributed by atoms with Crippen LogP contribution >= 0.6 is 11.3 Å². The molecule has 0 saturated heterocycles. The Morgan fingerprint density at radius 2 is 1.74 bits per heavy atom. The number of carbonyl (C=O) groups excluding carboxylic acids is 2. The first-order valence-corrected chi connectivity index (χ1v) is 12.2. The zero-order valence-electron chi connectivity index (χ0n) is 21.7. The molecule has 1 aliphatic heterocycles. The summed E-state index contributed by atoms with van der Waals surface area (Å²) < 4.78 is 28.4. The molecule has 0 amide bonds. The first kappa shape index (κ1) is 26.7. The van der Waals surface area contributed by atoms with E-state index < -0.39 is 18.0 Å². The monoisotopic (exact) mass is 538 g/mol. The Labute approximate surface area is 222 Å². The lowest BCUT2D eigenvalue weighted by Crippen LogP contribution is -2.39. The van der Waals surface area contributed by atoms with Crippen molar-refractivity contribution in [1.29, 1.82) is 0 Å². The molecular weight excluding hydrogens is 512 g/mol. The average Bonchev–Trinajstić information content (AvgIpc) is 3.21. The molecule has 11 heteroatoms. The van der Waals surface area contributed by atoms with Gasteiger partial charge in [-0.05, 0) is 36.8 Å². The number of methoxy groups -OCH3 is 4. The molecule has 0 bridgehead atoms. The van der Waals surface area contributed by atoms with Crippen molar-refractivity contribution in [1.82, 2.24) is 4.57 Å². The van der Waals surface area contributed by atoms with E-state index in [4.69, 9.17) is 23.7 Å². The van der Waals surface area contributed by atoms with E-state index in [0.29, 0.717) is 37.7 Å². The van der Waals surface area contributed by atoms with E-state index in [1.54, 1.807) is 49.4 Å². The second-order valence-electron chi connectivity index (χ2n) is 8.16. The summed E-state index contributed by atoms with van der Waals surface area (Å²) in [6, 6.07) is 9.33. The van der Waals surface area contributed by atoms with Crippen molar-refractivity contribution in [3.05, 3.63) is 78.5 Å². The highest BCUT2D eigenvalue weighted by Gasteiger charge is 2.33. The van der Waals surface area contributed by atoms with Gasteiger partial charge in [-0.25, -0.2) is 9.79 Å². The molecule has 1 aromatic heterocycles. The molecule has 1 aliphatic rings. The van der Waals surface area contributed by atoms with Gasteiger partial charge in [0.2, 0.25) is 0 Å². The third-order valence-corrected chi connectivity index (χ3v) is 6.89. The van der Waals surface area contributed by atoms with Crippen LogP contribution in [-0.4, -0.2) is 44.9 Å². The predicted octanol–water partition coefficient (Wildman–Crippen LogP) is 2.36. The van der Waals surface area contributed by atoms with Crippen molar-refractivity contribution >= 4 is 29.4 Å². The second-order valence-corrected chi connectivity index (χ2v) is 9.17. The second kappa shape index (κ2) is 10.9. The third kappa shape index (κ3) is 4.80. The van der Waals surface area contributed by atoms with E-state index in [1.165, 1.54) is 51.3 Å². The van der Waals surface area contributed by atoms with Crippen molar-refractivity contribution < 1.29 is 33.3 Å². The van der Waals surface area contributed by atoms with Gasteiger partial charge in [0.25, 0.3) is 5.56 Å². The standard InChI is InChI=1S/C27H26N2O8S/c1-14-22(26(32)36-6)23(16-10-11-18(37-15(2)30)20(12-16)34-4)29-25(31)21(38-27(29)28-14)13-17-8-7-9-19(33-3)24(17)35-5/h7-13,23H,1-6H3. The van der Waals surface area contributed by atoms with Crippen LogP contribution in [0, 0.1) is 0 Å². The molecule has 0 fully saturated rings. The minimum atomic E-state index is -0.867. The fourth-order valence-electron chi connectivity index (χ4n) is 4.27. The van der Waals surface area contributed by atoms with Crippen molar-refractivity contribution in [3.63, 3.8) is 0 Å². The molecule has 2 aromatic carbocycles. The Balaban J connectivity index is 1.97. The van der Waals surface area contributed by atoms with E-state index in [2.05, 4.69) is 4.99 Å². The predicted molar refractivity (Wildman–Crippen MR) is 140 cm³/mol. The highest BCUT2D eigenvalue weighted by molar-refractivity contribution is 7.07. The molecule has 0 saturated carbocycles. The minimum Gasteiger partial charge on any atom is -0.493 e. The molecule has 4 rings (SSSR count). The maximum absolute atomic E-state index is 13.8. The first-order valence-electron chi connectivity index (χ1n) is 11.4. The highest BCUT2D eigenvalue weighted by Crippen LogP contribution is 2.36. The van der Waals surface area contributed by atoms with Gasteiger partial charge in [0.15, 0.2) is 27.8 Å². The third-order valence-electron chi connectivity index (χ3n) is 5.90. The molecule has 0 radical (unpaired) electrons. The fraction of sp³-hybridized carbons (Fsp3) is 0.259. The number of fused-ring (bicyclic) bond motifs is 1.